The largest absolute Gasteiger partial charge is 0.496 e. The van der Waals surface area contributed by atoms with Crippen LogP contribution in [0.15, 0.2) is 6.20 Å². The Bertz CT molecular complexity index is 427. The highest BCUT2D eigenvalue weighted by Crippen LogP contribution is 2.34. The number of aryl methyl sites for hydroxylation is 1. The van der Waals surface area contributed by atoms with Crippen LogP contribution in [-0.4, -0.2) is 24.7 Å². The second-order valence-corrected chi connectivity index (χ2v) is 5.68. The Morgan fingerprint density at radius 2 is 2.16 bits per heavy atom. The highest BCUT2D eigenvalue weighted by molar-refractivity contribution is 5.41. The van der Waals surface area contributed by atoms with Crippen molar-refractivity contribution in [2.45, 2.75) is 52.5 Å². The smallest absolute Gasteiger partial charge is 0.128 e. The van der Waals surface area contributed by atoms with Gasteiger partial charge in [-0.15, -0.1) is 0 Å². The van der Waals surface area contributed by atoms with E-state index in [4.69, 9.17) is 4.74 Å². The first-order valence-corrected chi connectivity index (χ1v) is 7.38. The number of methoxy groups -OCH3 is 1. The van der Waals surface area contributed by atoms with Crippen molar-refractivity contribution in [3.63, 3.8) is 0 Å². The molecule has 1 aromatic heterocycles. The number of hydrogen-bond acceptors (Lipinski definition) is 3. The van der Waals surface area contributed by atoms with Crippen molar-refractivity contribution in [1.29, 1.82) is 0 Å². The Labute approximate surface area is 116 Å². The van der Waals surface area contributed by atoms with E-state index in [1.54, 1.807) is 7.11 Å². The van der Waals surface area contributed by atoms with Crippen molar-refractivity contribution in [1.82, 2.24) is 10.3 Å². The van der Waals surface area contributed by atoms with Gasteiger partial charge in [0.1, 0.15) is 5.75 Å². The Hall–Kier alpha value is -1.09. The predicted molar refractivity (Wildman–Crippen MR) is 78.8 cm³/mol. The van der Waals surface area contributed by atoms with Gasteiger partial charge in [-0.05, 0) is 32.7 Å². The predicted octanol–water partition coefficient (Wildman–Crippen LogP) is 3.03. The lowest BCUT2D eigenvalue weighted by atomic mass is 10.0. The van der Waals surface area contributed by atoms with Crippen molar-refractivity contribution < 1.29 is 4.74 Å². The maximum atomic E-state index is 5.49. The van der Waals surface area contributed by atoms with Gasteiger partial charge < -0.3 is 10.1 Å². The summed E-state index contributed by atoms with van der Waals surface area (Å²) in [4.78, 5) is 4.62. The molecule has 3 nitrogen and oxygen atoms in total. The molecule has 1 heterocycles. The summed E-state index contributed by atoms with van der Waals surface area (Å²) in [5.74, 6) is 1.93. The third kappa shape index (κ3) is 3.69. The Kier molecular flexibility index (Phi) is 4.81. The van der Waals surface area contributed by atoms with Gasteiger partial charge in [-0.2, -0.15) is 0 Å². The minimum Gasteiger partial charge on any atom is -0.496 e. The van der Waals surface area contributed by atoms with Crippen molar-refractivity contribution in [2.24, 2.45) is 5.92 Å². The summed E-state index contributed by atoms with van der Waals surface area (Å²) in [6.07, 6.45) is 7.04. The number of pyridine rings is 1. The molecule has 0 amide bonds. The summed E-state index contributed by atoms with van der Waals surface area (Å²) in [5, 5.41) is 3.60. The molecule has 1 aliphatic rings. The molecule has 1 fully saturated rings. The standard InChI is InChI=1S/C16H26N2O/c1-5-17-14(8-13-6-7-13)9-15-12(3)16(19-4)11(2)10-18-15/h10,13-14,17H,5-9H2,1-4H3. The Morgan fingerprint density at radius 1 is 1.42 bits per heavy atom. The van der Waals surface area contributed by atoms with Crippen LogP contribution in [0.1, 0.15) is 43.0 Å². The van der Waals surface area contributed by atoms with E-state index in [0.29, 0.717) is 6.04 Å². The lowest BCUT2D eigenvalue weighted by Crippen LogP contribution is -2.32. The molecule has 0 saturated heterocycles. The molecule has 0 bridgehead atoms. The zero-order chi connectivity index (χ0) is 13.8. The number of aromatic nitrogens is 1. The molecule has 19 heavy (non-hydrogen) atoms. The number of likely N-dealkylation sites (N-methyl/N-ethyl adjacent to an activating group) is 1. The van der Waals surface area contributed by atoms with E-state index < -0.39 is 0 Å². The van der Waals surface area contributed by atoms with E-state index in [1.165, 1.54) is 30.5 Å². The zero-order valence-corrected chi connectivity index (χ0v) is 12.6. The summed E-state index contributed by atoms with van der Waals surface area (Å²) >= 11 is 0. The molecule has 0 spiro atoms. The van der Waals surface area contributed by atoms with Crippen LogP contribution in [0.2, 0.25) is 0 Å². The normalized spacial score (nSPS) is 16.4. The molecule has 2 rings (SSSR count). The van der Waals surface area contributed by atoms with E-state index in [9.17, 15) is 0 Å². The summed E-state index contributed by atoms with van der Waals surface area (Å²) < 4.78 is 5.49. The second-order valence-electron chi connectivity index (χ2n) is 5.68. The molecule has 1 aliphatic carbocycles. The molecule has 1 atom stereocenters. The van der Waals surface area contributed by atoms with Gasteiger partial charge in [0.05, 0.1) is 7.11 Å². The summed E-state index contributed by atoms with van der Waals surface area (Å²) in [5.41, 5.74) is 3.49. The van der Waals surface area contributed by atoms with Gasteiger partial charge in [0.15, 0.2) is 0 Å². The molecule has 0 radical (unpaired) electrons. The molecule has 1 aromatic rings. The quantitative estimate of drug-likeness (QED) is 0.820. The Balaban J connectivity index is 2.11. The fraction of sp³-hybridized carbons (Fsp3) is 0.688. The first kappa shape index (κ1) is 14.3. The van der Waals surface area contributed by atoms with Crippen LogP contribution in [0.5, 0.6) is 5.75 Å². The third-order valence-corrected chi connectivity index (χ3v) is 4.00. The van der Waals surface area contributed by atoms with E-state index >= 15 is 0 Å². The number of nitrogens with zero attached hydrogens (tertiary/aromatic N) is 1. The van der Waals surface area contributed by atoms with Gasteiger partial charge in [-0.3, -0.25) is 4.98 Å². The third-order valence-electron chi connectivity index (χ3n) is 4.00. The minimum atomic E-state index is 0.552. The van der Waals surface area contributed by atoms with E-state index in [1.807, 2.05) is 6.20 Å². The monoisotopic (exact) mass is 262 g/mol. The van der Waals surface area contributed by atoms with Crippen LogP contribution in [0, 0.1) is 19.8 Å². The average molecular weight is 262 g/mol. The Morgan fingerprint density at radius 3 is 2.74 bits per heavy atom. The summed E-state index contributed by atoms with van der Waals surface area (Å²) in [6, 6.07) is 0.552. The first-order chi connectivity index (χ1) is 9.15. The number of ether oxygens (including phenoxy) is 1. The van der Waals surface area contributed by atoms with Crippen LogP contribution >= 0.6 is 0 Å². The first-order valence-electron chi connectivity index (χ1n) is 7.38. The van der Waals surface area contributed by atoms with Crippen molar-refractivity contribution in [3.8, 4) is 5.75 Å². The maximum absolute atomic E-state index is 5.49. The van der Waals surface area contributed by atoms with Crippen LogP contribution in [0.3, 0.4) is 0 Å². The lowest BCUT2D eigenvalue weighted by molar-refractivity contribution is 0.405. The molecular weight excluding hydrogens is 236 g/mol. The van der Waals surface area contributed by atoms with E-state index in [2.05, 4.69) is 31.1 Å². The van der Waals surface area contributed by atoms with Gasteiger partial charge in [0.2, 0.25) is 0 Å². The molecule has 1 unspecified atom stereocenters. The van der Waals surface area contributed by atoms with E-state index in [0.717, 1.165) is 30.2 Å². The van der Waals surface area contributed by atoms with Crippen LogP contribution in [-0.2, 0) is 6.42 Å². The summed E-state index contributed by atoms with van der Waals surface area (Å²) in [7, 11) is 1.74. The minimum absolute atomic E-state index is 0.552. The molecule has 3 heteroatoms. The van der Waals surface area contributed by atoms with Crippen LogP contribution in [0.25, 0.3) is 0 Å². The molecule has 1 saturated carbocycles. The topological polar surface area (TPSA) is 34.2 Å². The highest BCUT2D eigenvalue weighted by Gasteiger charge is 2.26. The van der Waals surface area contributed by atoms with E-state index in [-0.39, 0.29) is 0 Å². The summed E-state index contributed by atoms with van der Waals surface area (Å²) in [6.45, 7) is 7.37. The number of rotatable bonds is 7. The lowest BCUT2D eigenvalue weighted by Gasteiger charge is -2.19. The number of hydrogen-bond donors (Lipinski definition) is 1. The van der Waals surface area contributed by atoms with Gasteiger partial charge in [0, 0.05) is 35.5 Å². The van der Waals surface area contributed by atoms with Gasteiger partial charge in [-0.25, -0.2) is 0 Å². The van der Waals surface area contributed by atoms with Gasteiger partial charge in [-0.1, -0.05) is 19.8 Å². The highest BCUT2D eigenvalue weighted by atomic mass is 16.5. The molecule has 0 aromatic carbocycles. The van der Waals surface area contributed by atoms with Crippen molar-refractivity contribution in [3.05, 3.63) is 23.0 Å². The zero-order valence-electron chi connectivity index (χ0n) is 12.6. The fourth-order valence-corrected chi connectivity index (χ4v) is 2.79. The van der Waals surface area contributed by atoms with Crippen LogP contribution < -0.4 is 10.1 Å². The van der Waals surface area contributed by atoms with Crippen molar-refractivity contribution in [2.75, 3.05) is 13.7 Å². The van der Waals surface area contributed by atoms with Gasteiger partial charge in [0.25, 0.3) is 0 Å². The fourth-order valence-electron chi connectivity index (χ4n) is 2.79. The number of nitrogens with one attached hydrogen (secondary N) is 1. The average Bonchev–Trinajstić information content (AvgIpc) is 3.18. The van der Waals surface area contributed by atoms with Gasteiger partial charge >= 0.3 is 0 Å². The molecule has 106 valence electrons. The molecule has 0 aliphatic heterocycles. The van der Waals surface area contributed by atoms with Crippen LogP contribution in [0.4, 0.5) is 0 Å². The molecule has 1 N–H and O–H groups in total. The van der Waals surface area contributed by atoms with Crippen molar-refractivity contribution >= 4 is 0 Å². The molecular formula is C16H26N2O. The second kappa shape index (κ2) is 6.38. The maximum Gasteiger partial charge on any atom is 0.128 e. The SMILES string of the molecule is CCNC(Cc1ncc(C)c(OC)c1C)CC1CC1.